The summed E-state index contributed by atoms with van der Waals surface area (Å²) in [7, 11) is 2.00. The van der Waals surface area contributed by atoms with Crippen LogP contribution in [0.1, 0.15) is 50.7 Å². The minimum absolute atomic E-state index is 0.0663. The summed E-state index contributed by atoms with van der Waals surface area (Å²) in [6.07, 6.45) is 5.81. The van der Waals surface area contributed by atoms with E-state index < -0.39 is 0 Å². The molecule has 3 fully saturated rings. The van der Waals surface area contributed by atoms with Crippen LogP contribution in [-0.2, 0) is 18.3 Å². The third-order valence-electron chi connectivity index (χ3n) is 6.87. The van der Waals surface area contributed by atoms with E-state index in [-0.39, 0.29) is 5.60 Å². The zero-order valence-electron chi connectivity index (χ0n) is 18.7. The van der Waals surface area contributed by atoms with Crippen LogP contribution in [0.5, 0.6) is 0 Å². The zero-order chi connectivity index (χ0) is 21.0. The van der Waals surface area contributed by atoms with Gasteiger partial charge in [0.2, 0.25) is 0 Å². The molecule has 3 aliphatic heterocycles. The van der Waals surface area contributed by atoms with Gasteiger partial charge in [0.05, 0.1) is 5.60 Å². The van der Waals surface area contributed by atoms with Crippen molar-refractivity contribution in [2.24, 2.45) is 12.0 Å². The molecule has 0 amide bonds. The number of aromatic nitrogens is 3. The Balaban J connectivity index is 1.42. The van der Waals surface area contributed by atoms with Crippen molar-refractivity contribution in [1.82, 2.24) is 30.3 Å². The second kappa shape index (κ2) is 9.87. The summed E-state index contributed by atoms with van der Waals surface area (Å²) in [6.45, 7) is 8.84. The van der Waals surface area contributed by atoms with E-state index in [1.165, 1.54) is 31.6 Å². The van der Waals surface area contributed by atoms with E-state index in [1.54, 1.807) is 0 Å². The van der Waals surface area contributed by atoms with Crippen LogP contribution in [0.25, 0.3) is 0 Å². The van der Waals surface area contributed by atoms with Gasteiger partial charge in [0.25, 0.3) is 0 Å². The first-order chi connectivity index (χ1) is 14.6. The Labute approximate surface area is 184 Å². The van der Waals surface area contributed by atoms with Gasteiger partial charge >= 0.3 is 0 Å². The standard InChI is InChI=1S/C21H37N7OS/c1-4-28-9-5-6-18(28)13-22-20(23-14-19-26-25-16(2)27(19)3)24-17-7-10-29-21(12-17)8-11-30-15-21/h17-18H,4-15H2,1-3H3,(H2,22,23,24). The first-order valence-electron chi connectivity index (χ1n) is 11.4. The molecule has 8 nitrogen and oxygen atoms in total. The third kappa shape index (κ3) is 5.11. The highest BCUT2D eigenvalue weighted by Crippen LogP contribution is 2.38. The van der Waals surface area contributed by atoms with E-state index in [9.17, 15) is 0 Å². The van der Waals surface area contributed by atoms with Gasteiger partial charge in [-0.2, -0.15) is 11.8 Å². The lowest BCUT2D eigenvalue weighted by molar-refractivity contribution is -0.0679. The number of ether oxygens (including phenoxy) is 1. The smallest absolute Gasteiger partial charge is 0.191 e. The average Bonchev–Trinajstić information content (AvgIpc) is 3.47. The molecule has 2 N–H and O–H groups in total. The highest BCUT2D eigenvalue weighted by Gasteiger charge is 2.40. The normalized spacial score (nSPS) is 30.3. The molecule has 9 heteroatoms. The molecule has 3 atom stereocenters. The van der Waals surface area contributed by atoms with Gasteiger partial charge in [-0.05, 0) is 57.9 Å². The molecular formula is C21H37N7OS. The van der Waals surface area contributed by atoms with E-state index in [0.29, 0.717) is 18.6 Å². The number of aliphatic imine (C=N–C) groups is 1. The lowest BCUT2D eigenvalue weighted by atomic mass is 9.90. The van der Waals surface area contributed by atoms with Crippen molar-refractivity contribution in [3.63, 3.8) is 0 Å². The molecule has 30 heavy (non-hydrogen) atoms. The van der Waals surface area contributed by atoms with Gasteiger partial charge in [0.1, 0.15) is 12.4 Å². The van der Waals surface area contributed by atoms with Crippen LogP contribution in [-0.4, -0.2) is 81.1 Å². The van der Waals surface area contributed by atoms with Gasteiger partial charge in [-0.3, -0.25) is 4.90 Å². The molecule has 4 heterocycles. The van der Waals surface area contributed by atoms with Gasteiger partial charge in [0, 0.05) is 38.0 Å². The fourth-order valence-electron chi connectivity index (χ4n) is 4.86. The van der Waals surface area contributed by atoms with Crippen LogP contribution in [0, 0.1) is 6.92 Å². The molecular weight excluding hydrogens is 398 g/mol. The number of aryl methyl sites for hydroxylation is 1. The summed E-state index contributed by atoms with van der Waals surface area (Å²) in [4.78, 5) is 7.46. The van der Waals surface area contributed by atoms with Gasteiger partial charge in [-0.25, -0.2) is 4.99 Å². The van der Waals surface area contributed by atoms with Crippen molar-refractivity contribution >= 4 is 17.7 Å². The fraction of sp³-hybridized carbons (Fsp3) is 0.857. The first-order valence-corrected chi connectivity index (χ1v) is 12.6. The quantitative estimate of drug-likeness (QED) is 0.520. The minimum Gasteiger partial charge on any atom is -0.374 e. The number of guanidine groups is 1. The number of nitrogens with zero attached hydrogens (tertiary/aromatic N) is 5. The number of thioether (sulfide) groups is 1. The molecule has 0 saturated carbocycles. The van der Waals surface area contributed by atoms with Crippen LogP contribution in [0.4, 0.5) is 0 Å². The largest absolute Gasteiger partial charge is 0.374 e. The van der Waals surface area contributed by atoms with E-state index in [1.807, 2.05) is 30.3 Å². The monoisotopic (exact) mass is 435 g/mol. The number of likely N-dealkylation sites (N-methyl/N-ethyl adjacent to an activating group) is 1. The van der Waals surface area contributed by atoms with Crippen molar-refractivity contribution in [2.45, 2.75) is 70.2 Å². The fourth-order valence-corrected chi connectivity index (χ4v) is 6.23. The summed E-state index contributed by atoms with van der Waals surface area (Å²) < 4.78 is 8.22. The average molecular weight is 436 g/mol. The Morgan fingerprint density at radius 1 is 1.37 bits per heavy atom. The second-order valence-corrected chi connectivity index (χ2v) is 9.97. The molecule has 0 aliphatic carbocycles. The van der Waals surface area contributed by atoms with Crippen LogP contribution in [0.15, 0.2) is 4.99 Å². The van der Waals surface area contributed by atoms with Crippen molar-refractivity contribution in [2.75, 3.05) is 37.7 Å². The van der Waals surface area contributed by atoms with Crippen LogP contribution in [0.2, 0.25) is 0 Å². The third-order valence-corrected chi connectivity index (χ3v) is 8.10. The Kier molecular flexibility index (Phi) is 7.20. The van der Waals surface area contributed by atoms with E-state index in [4.69, 9.17) is 9.73 Å². The number of hydrogen-bond acceptors (Lipinski definition) is 6. The molecule has 1 aromatic heterocycles. The number of rotatable bonds is 6. The lowest BCUT2D eigenvalue weighted by Gasteiger charge is -2.38. The molecule has 3 unspecified atom stereocenters. The molecule has 1 spiro atoms. The highest BCUT2D eigenvalue weighted by molar-refractivity contribution is 7.99. The number of likely N-dealkylation sites (tertiary alicyclic amines) is 1. The SMILES string of the molecule is CCN1CCCC1CNC(=NCc1nnc(C)n1C)NC1CCOC2(CCSC2)C1. The van der Waals surface area contributed by atoms with Crippen LogP contribution < -0.4 is 10.6 Å². The second-order valence-electron chi connectivity index (χ2n) is 8.86. The van der Waals surface area contributed by atoms with Gasteiger partial charge in [0.15, 0.2) is 11.8 Å². The lowest BCUT2D eigenvalue weighted by Crippen LogP contribution is -2.53. The van der Waals surface area contributed by atoms with Gasteiger partial charge in [-0.1, -0.05) is 6.92 Å². The van der Waals surface area contributed by atoms with E-state index in [0.717, 1.165) is 55.9 Å². The Bertz CT molecular complexity index is 731. The Morgan fingerprint density at radius 2 is 2.27 bits per heavy atom. The highest BCUT2D eigenvalue weighted by atomic mass is 32.2. The minimum atomic E-state index is 0.0663. The van der Waals surface area contributed by atoms with Crippen molar-refractivity contribution in [3.05, 3.63) is 11.6 Å². The summed E-state index contributed by atoms with van der Waals surface area (Å²) in [6, 6.07) is 0.988. The summed E-state index contributed by atoms with van der Waals surface area (Å²) in [5.41, 5.74) is 0.0663. The van der Waals surface area contributed by atoms with Gasteiger partial charge in [-0.15, -0.1) is 10.2 Å². The molecule has 3 aliphatic rings. The van der Waals surface area contributed by atoms with E-state index >= 15 is 0 Å². The maximum atomic E-state index is 6.21. The van der Waals surface area contributed by atoms with Crippen LogP contribution >= 0.6 is 11.8 Å². The maximum absolute atomic E-state index is 6.21. The van der Waals surface area contributed by atoms with Gasteiger partial charge < -0.3 is 19.9 Å². The predicted molar refractivity (Wildman–Crippen MR) is 122 cm³/mol. The number of hydrogen-bond donors (Lipinski definition) is 2. The summed E-state index contributed by atoms with van der Waals surface area (Å²) >= 11 is 2.02. The molecule has 3 saturated heterocycles. The molecule has 1 aromatic rings. The van der Waals surface area contributed by atoms with E-state index in [2.05, 4.69) is 32.7 Å². The molecule has 0 radical (unpaired) electrons. The summed E-state index contributed by atoms with van der Waals surface area (Å²) in [5.74, 6) is 5.03. The topological polar surface area (TPSA) is 79.6 Å². The number of nitrogens with one attached hydrogen (secondary N) is 2. The zero-order valence-corrected chi connectivity index (χ0v) is 19.5. The van der Waals surface area contributed by atoms with Crippen molar-refractivity contribution < 1.29 is 4.74 Å². The molecule has 4 rings (SSSR count). The predicted octanol–water partition coefficient (Wildman–Crippen LogP) is 1.70. The first kappa shape index (κ1) is 21.9. The molecule has 0 aromatic carbocycles. The molecule has 0 bridgehead atoms. The maximum Gasteiger partial charge on any atom is 0.191 e. The Hall–Kier alpha value is -1.32. The van der Waals surface area contributed by atoms with Crippen molar-refractivity contribution in [3.8, 4) is 0 Å². The Morgan fingerprint density at radius 3 is 3.00 bits per heavy atom. The van der Waals surface area contributed by atoms with Crippen molar-refractivity contribution in [1.29, 1.82) is 0 Å². The molecule has 168 valence electrons. The summed E-state index contributed by atoms with van der Waals surface area (Å²) in [5, 5.41) is 15.8. The van der Waals surface area contributed by atoms with Crippen LogP contribution in [0.3, 0.4) is 0 Å².